The standard InChI is InChI=1S/C5H5.3C4H10N.V/c1-2-4-5-3-1;3*1-3-5-4-2;/h1-3H,4H2;3*3-4H2,1-2H3;/q4*-1;+4. The zero-order valence-electron chi connectivity index (χ0n) is 15.0. The molecule has 1 aliphatic carbocycles. The van der Waals surface area contributed by atoms with E-state index in [1.807, 2.05) is 53.7 Å². The van der Waals surface area contributed by atoms with Gasteiger partial charge in [-0.2, -0.15) is 45.3 Å². The van der Waals surface area contributed by atoms with Crippen molar-refractivity contribution in [2.24, 2.45) is 0 Å². The summed E-state index contributed by atoms with van der Waals surface area (Å²) in [5.74, 6) is 0. The molecular weight excluding hydrogens is 297 g/mol. The van der Waals surface area contributed by atoms with Crippen molar-refractivity contribution in [3.8, 4) is 0 Å². The van der Waals surface area contributed by atoms with E-state index < -0.39 is 0 Å². The second-order valence-corrected chi connectivity index (χ2v) is 3.57. The molecule has 0 saturated carbocycles. The van der Waals surface area contributed by atoms with Crippen molar-refractivity contribution in [2.75, 3.05) is 39.3 Å². The summed E-state index contributed by atoms with van der Waals surface area (Å²) in [6.45, 7) is 18.1. The average Bonchev–Trinajstić information content (AvgIpc) is 3.02. The van der Waals surface area contributed by atoms with Crippen LogP contribution >= 0.6 is 0 Å². The summed E-state index contributed by atoms with van der Waals surface area (Å²) in [5, 5.41) is 11.9. The maximum Gasteiger partial charge on any atom is 4.00 e. The van der Waals surface area contributed by atoms with Gasteiger partial charge in [-0.25, -0.2) is 12.2 Å². The molecule has 0 aromatic rings. The number of rotatable bonds is 6. The van der Waals surface area contributed by atoms with Gasteiger partial charge in [-0.05, 0) is 0 Å². The molecule has 0 fully saturated rings. The third-order valence-electron chi connectivity index (χ3n) is 1.93. The largest absolute Gasteiger partial charge is 4.00 e. The van der Waals surface area contributed by atoms with Gasteiger partial charge < -0.3 is 16.0 Å². The molecule has 1 radical (unpaired) electrons. The number of hydrogen-bond donors (Lipinski definition) is 0. The van der Waals surface area contributed by atoms with Gasteiger partial charge in [0.1, 0.15) is 0 Å². The van der Waals surface area contributed by atoms with Crippen LogP contribution in [0.25, 0.3) is 16.0 Å². The fraction of sp³-hybridized carbons (Fsp3) is 0.765. The van der Waals surface area contributed by atoms with E-state index >= 15 is 0 Å². The average molecular weight is 332 g/mol. The summed E-state index contributed by atoms with van der Waals surface area (Å²) in [7, 11) is 0. The number of nitrogens with zero attached hydrogens (tertiary/aromatic N) is 3. The zero-order valence-corrected chi connectivity index (χ0v) is 16.4. The molecule has 0 N–H and O–H groups in total. The predicted molar refractivity (Wildman–Crippen MR) is 94.9 cm³/mol. The molecule has 0 bridgehead atoms. The summed E-state index contributed by atoms with van der Waals surface area (Å²) < 4.78 is 0. The van der Waals surface area contributed by atoms with Crippen molar-refractivity contribution in [1.82, 2.24) is 0 Å². The molecule has 21 heavy (non-hydrogen) atoms. The van der Waals surface area contributed by atoms with Crippen LogP contribution in [0.1, 0.15) is 48.0 Å². The van der Waals surface area contributed by atoms with Crippen molar-refractivity contribution < 1.29 is 18.6 Å². The van der Waals surface area contributed by atoms with E-state index in [1.54, 1.807) is 0 Å². The maximum absolute atomic E-state index is 3.97. The Morgan fingerprint density at radius 1 is 0.714 bits per heavy atom. The zero-order chi connectivity index (χ0) is 15.9. The van der Waals surface area contributed by atoms with Crippen LogP contribution in [0.3, 0.4) is 0 Å². The molecule has 0 aromatic heterocycles. The molecule has 3 nitrogen and oxygen atoms in total. The van der Waals surface area contributed by atoms with E-state index in [4.69, 9.17) is 0 Å². The van der Waals surface area contributed by atoms with Crippen molar-refractivity contribution in [3.63, 3.8) is 0 Å². The van der Waals surface area contributed by atoms with Gasteiger partial charge in [-0.1, -0.05) is 41.5 Å². The first-order chi connectivity index (χ1) is 9.74. The maximum atomic E-state index is 3.97. The minimum absolute atomic E-state index is 0. The van der Waals surface area contributed by atoms with Crippen molar-refractivity contribution in [3.05, 3.63) is 40.3 Å². The Morgan fingerprint density at radius 3 is 1.10 bits per heavy atom. The Morgan fingerprint density at radius 2 is 1.05 bits per heavy atom. The molecular formula is C17H35N3V. The Balaban J connectivity index is -0.0000000903. The van der Waals surface area contributed by atoms with Gasteiger partial charge in [0.25, 0.3) is 0 Å². The third kappa shape index (κ3) is 53.6. The van der Waals surface area contributed by atoms with Gasteiger partial charge in [0.2, 0.25) is 0 Å². The fourth-order valence-electron chi connectivity index (χ4n) is 1.01. The molecule has 0 spiro atoms. The molecule has 4 heteroatoms. The van der Waals surface area contributed by atoms with Crippen LogP contribution in [0.4, 0.5) is 0 Å². The fourth-order valence-corrected chi connectivity index (χ4v) is 1.01. The second-order valence-electron chi connectivity index (χ2n) is 3.57. The Kier molecular flexibility index (Phi) is 50.9. The molecule has 0 aromatic carbocycles. The van der Waals surface area contributed by atoms with E-state index in [1.165, 1.54) is 0 Å². The summed E-state index contributed by atoms with van der Waals surface area (Å²) in [5.41, 5.74) is 0. The van der Waals surface area contributed by atoms with Crippen LogP contribution in [-0.4, -0.2) is 39.3 Å². The van der Waals surface area contributed by atoms with E-state index in [0.717, 1.165) is 45.7 Å². The van der Waals surface area contributed by atoms with E-state index in [2.05, 4.69) is 28.1 Å². The normalized spacial score (nSPS) is 10.2. The summed E-state index contributed by atoms with van der Waals surface area (Å²) in [4.78, 5) is 0. The summed E-state index contributed by atoms with van der Waals surface area (Å²) in [6, 6.07) is 0. The number of allylic oxidation sites excluding steroid dienone is 4. The van der Waals surface area contributed by atoms with Gasteiger partial charge in [0.15, 0.2) is 0 Å². The smallest absolute Gasteiger partial charge is 0.663 e. The van der Waals surface area contributed by atoms with Gasteiger partial charge >= 0.3 is 18.6 Å². The molecule has 1 rings (SSSR count). The Labute approximate surface area is 146 Å². The Hall–Kier alpha value is -0.0556. The molecule has 0 atom stereocenters. The monoisotopic (exact) mass is 332 g/mol. The summed E-state index contributed by atoms with van der Waals surface area (Å²) in [6.07, 6.45) is 10.0. The van der Waals surface area contributed by atoms with Gasteiger partial charge in [0.05, 0.1) is 0 Å². The molecule has 0 aliphatic heterocycles. The van der Waals surface area contributed by atoms with E-state index in [0.29, 0.717) is 0 Å². The van der Waals surface area contributed by atoms with E-state index in [9.17, 15) is 0 Å². The quantitative estimate of drug-likeness (QED) is 0.576. The molecule has 123 valence electrons. The summed E-state index contributed by atoms with van der Waals surface area (Å²) >= 11 is 0. The van der Waals surface area contributed by atoms with Crippen molar-refractivity contribution in [1.29, 1.82) is 0 Å². The first kappa shape index (κ1) is 29.0. The van der Waals surface area contributed by atoms with E-state index in [-0.39, 0.29) is 18.6 Å². The molecule has 0 heterocycles. The third-order valence-corrected chi connectivity index (χ3v) is 1.93. The van der Waals surface area contributed by atoms with Crippen LogP contribution in [0, 0.1) is 6.08 Å². The van der Waals surface area contributed by atoms with Crippen LogP contribution in [0.5, 0.6) is 0 Å². The van der Waals surface area contributed by atoms with Crippen molar-refractivity contribution >= 4 is 0 Å². The van der Waals surface area contributed by atoms with Gasteiger partial charge in [0, 0.05) is 0 Å². The number of hydrogen-bond acceptors (Lipinski definition) is 0. The van der Waals surface area contributed by atoms with Crippen LogP contribution in [0.2, 0.25) is 0 Å². The van der Waals surface area contributed by atoms with Crippen LogP contribution < -0.4 is 0 Å². The minimum atomic E-state index is 0. The minimum Gasteiger partial charge on any atom is -0.663 e. The SMILES string of the molecule is CC[N-]CC.CC[N-]CC.CC[N-]CC.[C-]1=CC=CC1.[V+4]. The van der Waals surface area contributed by atoms with Gasteiger partial charge in [-0.3, -0.25) is 6.08 Å². The second kappa shape index (κ2) is 36.8. The van der Waals surface area contributed by atoms with Crippen molar-refractivity contribution in [2.45, 2.75) is 48.0 Å². The molecule has 0 amide bonds. The molecule has 0 saturated heterocycles. The van der Waals surface area contributed by atoms with Crippen LogP contribution in [-0.2, 0) is 18.6 Å². The Bertz CT molecular complexity index is 153. The van der Waals surface area contributed by atoms with Crippen LogP contribution in [0.15, 0.2) is 18.2 Å². The topological polar surface area (TPSA) is 42.3 Å². The first-order valence-corrected chi connectivity index (χ1v) is 7.86. The predicted octanol–water partition coefficient (Wildman–Crippen LogP) is 5.50. The molecule has 0 unspecified atom stereocenters. The van der Waals surface area contributed by atoms with Gasteiger partial charge in [-0.15, -0.1) is 6.42 Å². The first-order valence-electron chi connectivity index (χ1n) is 7.86. The molecule has 1 aliphatic rings.